The van der Waals surface area contributed by atoms with Crippen LogP contribution in [0.5, 0.6) is 0 Å². The summed E-state index contributed by atoms with van der Waals surface area (Å²) in [5, 5.41) is 3.56. The molecule has 106 valence electrons. The fourth-order valence-corrected chi connectivity index (χ4v) is 3.36. The maximum atomic E-state index is 12.2. The van der Waals surface area contributed by atoms with Gasteiger partial charge in [-0.3, -0.25) is 4.79 Å². The first-order valence-corrected chi connectivity index (χ1v) is 7.50. The van der Waals surface area contributed by atoms with E-state index in [9.17, 15) is 4.79 Å². The molecule has 0 aliphatic heterocycles. The van der Waals surface area contributed by atoms with Crippen LogP contribution in [0.1, 0.15) is 36.0 Å². The molecule has 0 radical (unpaired) electrons. The number of hydrogen-bond acceptors (Lipinski definition) is 2. The second-order valence-electron chi connectivity index (χ2n) is 4.77. The normalized spacial score (nSPS) is 16.8. The Morgan fingerprint density at radius 2 is 2.05 bits per heavy atom. The number of carbonyl (C=O) groups excluding carboxylic acids is 1. The number of halogens is 3. The summed E-state index contributed by atoms with van der Waals surface area (Å²) in [6, 6.07) is 5.44. The Balaban J connectivity index is 0.00000180. The van der Waals surface area contributed by atoms with E-state index >= 15 is 0 Å². The van der Waals surface area contributed by atoms with Gasteiger partial charge >= 0.3 is 0 Å². The fraction of sp³-hybridized carbons (Fsp3) is 0.462. The van der Waals surface area contributed by atoms with Crippen molar-refractivity contribution in [3.05, 3.63) is 32.4 Å². The van der Waals surface area contributed by atoms with E-state index < -0.39 is 0 Å². The molecule has 1 aliphatic carbocycles. The van der Waals surface area contributed by atoms with E-state index in [1.807, 2.05) is 6.07 Å². The summed E-state index contributed by atoms with van der Waals surface area (Å²) < 4.78 is 1.02. The molecule has 1 amide bonds. The summed E-state index contributed by atoms with van der Waals surface area (Å²) in [6.45, 7) is 0.487. The third kappa shape index (κ3) is 3.97. The van der Waals surface area contributed by atoms with Gasteiger partial charge in [0.1, 0.15) is 0 Å². The summed E-state index contributed by atoms with van der Waals surface area (Å²) in [5.41, 5.74) is 6.10. The van der Waals surface area contributed by atoms with Crippen molar-refractivity contribution < 1.29 is 4.79 Å². The average Bonchev–Trinajstić information content (AvgIpc) is 2.78. The van der Waals surface area contributed by atoms with Gasteiger partial charge in [0.2, 0.25) is 0 Å². The summed E-state index contributed by atoms with van der Waals surface area (Å²) >= 11 is 8.27. The van der Waals surface area contributed by atoms with Crippen LogP contribution in [0.2, 0.25) is 5.02 Å². The van der Waals surface area contributed by atoms with E-state index in [0.29, 0.717) is 17.1 Å². The van der Waals surface area contributed by atoms with Crippen LogP contribution in [-0.2, 0) is 0 Å². The molecular formula is C13H17Cl2IN2O. The molecule has 0 unspecified atom stereocenters. The van der Waals surface area contributed by atoms with Gasteiger partial charge in [-0.2, -0.15) is 0 Å². The number of rotatable bonds is 3. The molecule has 1 aromatic carbocycles. The minimum absolute atomic E-state index is 0. The Morgan fingerprint density at radius 1 is 1.42 bits per heavy atom. The van der Waals surface area contributed by atoms with Crippen LogP contribution in [0.3, 0.4) is 0 Å². The van der Waals surface area contributed by atoms with Crippen LogP contribution in [-0.4, -0.2) is 18.0 Å². The molecule has 0 aromatic heterocycles. The molecule has 3 N–H and O–H groups in total. The number of hydrogen-bond donors (Lipinski definition) is 2. The third-order valence-corrected chi connectivity index (χ3v) is 4.49. The Morgan fingerprint density at radius 3 is 2.58 bits per heavy atom. The Kier molecular flexibility index (Phi) is 6.36. The van der Waals surface area contributed by atoms with Crippen molar-refractivity contribution in [2.75, 3.05) is 6.54 Å². The van der Waals surface area contributed by atoms with Gasteiger partial charge in [0.25, 0.3) is 5.91 Å². The van der Waals surface area contributed by atoms with Gasteiger partial charge in [0, 0.05) is 10.1 Å². The lowest BCUT2D eigenvalue weighted by Crippen LogP contribution is -2.51. The van der Waals surface area contributed by atoms with Gasteiger partial charge in [-0.05, 0) is 53.6 Å². The van der Waals surface area contributed by atoms with Crippen molar-refractivity contribution in [2.24, 2.45) is 5.73 Å². The highest BCUT2D eigenvalue weighted by molar-refractivity contribution is 14.1. The predicted molar refractivity (Wildman–Crippen MR) is 89.1 cm³/mol. The Hall–Kier alpha value is -0.0400. The highest BCUT2D eigenvalue weighted by atomic mass is 127. The predicted octanol–water partition coefficient (Wildman–Crippen LogP) is 3.37. The number of nitrogens with two attached hydrogens (primary N) is 1. The van der Waals surface area contributed by atoms with Crippen LogP contribution in [0.15, 0.2) is 18.2 Å². The van der Waals surface area contributed by atoms with Crippen molar-refractivity contribution in [3.63, 3.8) is 0 Å². The van der Waals surface area contributed by atoms with Gasteiger partial charge in [0.05, 0.1) is 16.1 Å². The van der Waals surface area contributed by atoms with Crippen molar-refractivity contribution >= 4 is 52.5 Å². The first-order chi connectivity index (χ1) is 8.56. The van der Waals surface area contributed by atoms with Crippen molar-refractivity contribution in [1.82, 2.24) is 5.32 Å². The molecule has 0 atom stereocenters. The van der Waals surface area contributed by atoms with Crippen LogP contribution >= 0.6 is 46.6 Å². The molecule has 3 nitrogen and oxygen atoms in total. The first kappa shape index (κ1) is 17.0. The van der Waals surface area contributed by atoms with Gasteiger partial charge < -0.3 is 11.1 Å². The number of benzene rings is 1. The smallest absolute Gasteiger partial charge is 0.253 e. The third-order valence-electron chi connectivity index (χ3n) is 3.51. The van der Waals surface area contributed by atoms with Crippen molar-refractivity contribution in [2.45, 2.75) is 31.2 Å². The summed E-state index contributed by atoms with van der Waals surface area (Å²) in [4.78, 5) is 12.2. The minimum Gasteiger partial charge on any atom is -0.345 e. The maximum Gasteiger partial charge on any atom is 0.253 e. The lowest BCUT2D eigenvalue weighted by molar-refractivity contribution is 0.0903. The topological polar surface area (TPSA) is 55.1 Å². The number of nitrogens with one attached hydrogen (secondary N) is 1. The van der Waals surface area contributed by atoms with Crippen LogP contribution in [0, 0.1) is 3.57 Å². The molecule has 0 saturated heterocycles. The molecule has 19 heavy (non-hydrogen) atoms. The van der Waals surface area contributed by atoms with Crippen molar-refractivity contribution in [3.8, 4) is 0 Å². The van der Waals surface area contributed by atoms with Crippen LogP contribution in [0.4, 0.5) is 0 Å². The summed E-state index contributed by atoms with van der Waals surface area (Å²) in [7, 11) is 0. The second kappa shape index (κ2) is 7.11. The molecule has 0 spiro atoms. The van der Waals surface area contributed by atoms with E-state index in [-0.39, 0.29) is 23.9 Å². The van der Waals surface area contributed by atoms with E-state index in [4.69, 9.17) is 17.3 Å². The van der Waals surface area contributed by atoms with Gasteiger partial charge in [0.15, 0.2) is 0 Å². The molecule has 1 fully saturated rings. The summed E-state index contributed by atoms with van der Waals surface area (Å²) in [6.07, 6.45) is 4.16. The highest BCUT2D eigenvalue weighted by Crippen LogP contribution is 2.29. The SMILES string of the molecule is Cl.NCC1(NC(=O)c2ccc(I)cc2Cl)CCCC1. The molecule has 1 aromatic rings. The van der Waals surface area contributed by atoms with Gasteiger partial charge in [-0.1, -0.05) is 24.4 Å². The molecule has 1 saturated carbocycles. The molecule has 0 heterocycles. The zero-order valence-corrected chi connectivity index (χ0v) is 14.1. The van der Waals surface area contributed by atoms with E-state index in [0.717, 1.165) is 29.3 Å². The number of carbonyl (C=O) groups is 1. The molecule has 0 bridgehead atoms. The van der Waals surface area contributed by atoms with Crippen molar-refractivity contribution in [1.29, 1.82) is 0 Å². The molecular weight excluding hydrogens is 398 g/mol. The largest absolute Gasteiger partial charge is 0.345 e. The Bertz CT molecular complexity index is 462. The lowest BCUT2D eigenvalue weighted by atomic mass is 9.97. The van der Waals surface area contributed by atoms with Gasteiger partial charge in [-0.15, -0.1) is 12.4 Å². The second-order valence-corrected chi connectivity index (χ2v) is 6.42. The highest BCUT2D eigenvalue weighted by Gasteiger charge is 2.34. The first-order valence-electron chi connectivity index (χ1n) is 6.04. The van der Waals surface area contributed by atoms with Gasteiger partial charge in [-0.25, -0.2) is 0 Å². The zero-order valence-electron chi connectivity index (χ0n) is 10.4. The number of amides is 1. The Labute approximate surface area is 138 Å². The molecule has 6 heteroatoms. The van der Waals surface area contributed by atoms with Crippen LogP contribution in [0.25, 0.3) is 0 Å². The fourth-order valence-electron chi connectivity index (χ4n) is 2.41. The molecule has 2 rings (SSSR count). The summed E-state index contributed by atoms with van der Waals surface area (Å²) in [5.74, 6) is -0.122. The van der Waals surface area contributed by atoms with E-state index in [1.165, 1.54) is 0 Å². The average molecular weight is 415 g/mol. The lowest BCUT2D eigenvalue weighted by Gasteiger charge is -2.28. The van der Waals surface area contributed by atoms with E-state index in [1.54, 1.807) is 12.1 Å². The standard InChI is InChI=1S/C13H16ClIN2O.ClH/c14-11-7-9(15)3-4-10(11)12(18)17-13(8-16)5-1-2-6-13;/h3-4,7H,1-2,5-6,8,16H2,(H,17,18);1H. The maximum absolute atomic E-state index is 12.2. The molecule has 1 aliphatic rings. The van der Waals surface area contributed by atoms with E-state index in [2.05, 4.69) is 27.9 Å². The minimum atomic E-state index is -0.233. The zero-order chi connectivity index (χ0) is 13.2. The monoisotopic (exact) mass is 414 g/mol. The quantitative estimate of drug-likeness (QED) is 0.745. The van der Waals surface area contributed by atoms with Crippen LogP contribution < -0.4 is 11.1 Å².